The average Bonchev–Trinajstić information content (AvgIpc) is 3.20. The summed E-state index contributed by atoms with van der Waals surface area (Å²) in [7, 11) is -3.29. The quantitative estimate of drug-likeness (QED) is 0.744. The summed E-state index contributed by atoms with van der Waals surface area (Å²) in [6.07, 6.45) is -0.517. The molecule has 3 aliphatic heterocycles. The van der Waals surface area contributed by atoms with E-state index in [4.69, 9.17) is 9.47 Å². The van der Waals surface area contributed by atoms with Crippen LogP contribution in [0.5, 0.6) is 0 Å². The van der Waals surface area contributed by atoms with E-state index in [2.05, 4.69) is 5.32 Å². The summed E-state index contributed by atoms with van der Waals surface area (Å²) in [4.78, 5) is 25.1. The molecule has 1 atom stereocenters. The van der Waals surface area contributed by atoms with Crippen LogP contribution in [-0.4, -0.2) is 70.0 Å². The number of piperidine rings is 1. The second-order valence-electron chi connectivity index (χ2n) is 7.75. The first kappa shape index (κ1) is 20.9. The summed E-state index contributed by atoms with van der Waals surface area (Å²) in [6, 6.07) is 4.49. The van der Waals surface area contributed by atoms with E-state index in [1.807, 2.05) is 0 Å². The van der Waals surface area contributed by atoms with Gasteiger partial charge in [0.05, 0.1) is 36.8 Å². The molecule has 1 N–H and O–H groups in total. The van der Waals surface area contributed by atoms with Crippen molar-refractivity contribution in [1.29, 1.82) is 0 Å². The van der Waals surface area contributed by atoms with E-state index in [0.29, 0.717) is 37.3 Å². The van der Waals surface area contributed by atoms with Crippen molar-refractivity contribution < 1.29 is 31.9 Å². The molecule has 0 aromatic heterocycles. The normalized spacial score (nSPS) is 24.9. The number of carbonyl (C=O) groups is 2. The Morgan fingerprint density at radius 3 is 2.67 bits per heavy atom. The number of rotatable bonds is 4. The van der Waals surface area contributed by atoms with E-state index < -0.39 is 32.8 Å². The van der Waals surface area contributed by atoms with Crippen LogP contribution in [0, 0.1) is 5.82 Å². The van der Waals surface area contributed by atoms with Gasteiger partial charge in [-0.25, -0.2) is 17.6 Å². The Balaban J connectivity index is 1.43. The molecule has 9 nitrogen and oxygen atoms in total. The van der Waals surface area contributed by atoms with Crippen molar-refractivity contribution in [2.45, 2.75) is 30.8 Å². The molecule has 164 valence electrons. The van der Waals surface area contributed by atoms with Crippen LogP contribution in [0.4, 0.5) is 20.6 Å². The number of amides is 2. The topological polar surface area (TPSA) is 105 Å². The largest absolute Gasteiger partial charge is 0.442 e. The monoisotopic (exact) mass is 441 g/mol. The molecule has 3 heterocycles. The van der Waals surface area contributed by atoms with Crippen molar-refractivity contribution in [3.05, 3.63) is 24.0 Å². The minimum atomic E-state index is -3.29. The van der Waals surface area contributed by atoms with Crippen LogP contribution in [0.25, 0.3) is 0 Å². The highest BCUT2D eigenvalue weighted by atomic mass is 32.2. The lowest BCUT2D eigenvalue weighted by atomic mass is 10.1. The molecule has 3 aliphatic rings. The summed E-state index contributed by atoms with van der Waals surface area (Å²) < 4.78 is 50.2. The molecule has 1 spiro atoms. The average molecular weight is 441 g/mol. The number of carbonyl (C=O) groups excluding carboxylic acids is 2. The SMILES string of the molecule is CC(=O)NC[C@H]1CN(c2ccc(N3CCC4(CC3)OCCS4(=O)=O)c(F)c2)C(=O)O1. The number of hydrogen-bond donors (Lipinski definition) is 1. The zero-order chi connectivity index (χ0) is 21.5. The number of ether oxygens (including phenoxy) is 2. The summed E-state index contributed by atoms with van der Waals surface area (Å²) in [5.74, 6) is -0.693. The van der Waals surface area contributed by atoms with Crippen LogP contribution >= 0.6 is 0 Å². The smallest absolute Gasteiger partial charge is 0.414 e. The van der Waals surface area contributed by atoms with Gasteiger partial charge in [0.25, 0.3) is 0 Å². The van der Waals surface area contributed by atoms with E-state index in [-0.39, 0.29) is 31.4 Å². The lowest BCUT2D eigenvalue weighted by molar-refractivity contribution is -0.119. The van der Waals surface area contributed by atoms with Crippen molar-refractivity contribution in [3.63, 3.8) is 0 Å². The first-order valence-electron chi connectivity index (χ1n) is 9.84. The molecular formula is C19H24FN3O6S. The molecule has 0 saturated carbocycles. The zero-order valence-corrected chi connectivity index (χ0v) is 17.4. The van der Waals surface area contributed by atoms with Gasteiger partial charge in [-0.3, -0.25) is 9.69 Å². The fourth-order valence-electron chi connectivity index (χ4n) is 4.17. The van der Waals surface area contributed by atoms with Crippen LogP contribution in [0.2, 0.25) is 0 Å². The predicted octanol–water partition coefficient (Wildman–Crippen LogP) is 1.03. The molecule has 0 aliphatic carbocycles. The maximum atomic E-state index is 14.9. The van der Waals surface area contributed by atoms with Crippen molar-refractivity contribution >= 4 is 33.2 Å². The highest BCUT2D eigenvalue weighted by molar-refractivity contribution is 7.92. The number of cyclic esters (lactones) is 1. The van der Waals surface area contributed by atoms with Gasteiger partial charge in [0.15, 0.2) is 14.8 Å². The van der Waals surface area contributed by atoms with Crippen LogP contribution in [-0.2, 0) is 24.1 Å². The van der Waals surface area contributed by atoms with Gasteiger partial charge in [-0.1, -0.05) is 0 Å². The Bertz CT molecular complexity index is 961. The van der Waals surface area contributed by atoms with E-state index in [9.17, 15) is 22.4 Å². The minimum absolute atomic E-state index is 0.0327. The first-order chi connectivity index (χ1) is 14.2. The van der Waals surface area contributed by atoms with Crippen LogP contribution < -0.4 is 15.1 Å². The molecule has 30 heavy (non-hydrogen) atoms. The molecule has 0 unspecified atom stereocenters. The summed E-state index contributed by atoms with van der Waals surface area (Å²) in [5, 5.41) is 2.59. The molecule has 1 aromatic rings. The van der Waals surface area contributed by atoms with Crippen molar-refractivity contribution in [3.8, 4) is 0 Å². The molecule has 1 aromatic carbocycles. The van der Waals surface area contributed by atoms with E-state index in [1.165, 1.54) is 17.9 Å². The third-order valence-electron chi connectivity index (χ3n) is 5.85. The molecule has 3 saturated heterocycles. The first-order valence-corrected chi connectivity index (χ1v) is 11.5. The van der Waals surface area contributed by atoms with Crippen molar-refractivity contribution in [2.24, 2.45) is 0 Å². The fourth-order valence-corrected chi connectivity index (χ4v) is 5.92. The molecule has 11 heteroatoms. The van der Waals surface area contributed by atoms with Gasteiger partial charge in [0.1, 0.15) is 11.9 Å². The van der Waals surface area contributed by atoms with Gasteiger partial charge in [0, 0.05) is 32.9 Å². The number of nitrogens with one attached hydrogen (secondary N) is 1. The predicted molar refractivity (Wildman–Crippen MR) is 107 cm³/mol. The fraction of sp³-hybridized carbons (Fsp3) is 0.579. The summed E-state index contributed by atoms with van der Waals surface area (Å²) in [5.41, 5.74) is 0.716. The highest BCUT2D eigenvalue weighted by Crippen LogP contribution is 2.38. The summed E-state index contributed by atoms with van der Waals surface area (Å²) >= 11 is 0. The number of hydrogen-bond acceptors (Lipinski definition) is 7. The molecule has 0 bridgehead atoms. The number of halogens is 1. The minimum Gasteiger partial charge on any atom is -0.442 e. The van der Waals surface area contributed by atoms with Gasteiger partial charge in [-0.05, 0) is 18.2 Å². The maximum absolute atomic E-state index is 14.9. The lowest BCUT2D eigenvalue weighted by Crippen LogP contribution is -2.48. The Kier molecular flexibility index (Phi) is 5.35. The van der Waals surface area contributed by atoms with Crippen molar-refractivity contribution in [2.75, 3.05) is 48.3 Å². The molecule has 3 fully saturated rings. The van der Waals surface area contributed by atoms with E-state index in [0.717, 1.165) is 0 Å². The maximum Gasteiger partial charge on any atom is 0.414 e. The molecule has 4 rings (SSSR count). The Labute approximate surface area is 174 Å². The number of sulfone groups is 1. The molecule has 0 radical (unpaired) electrons. The Hall–Kier alpha value is -2.40. The van der Waals surface area contributed by atoms with Gasteiger partial charge in [-0.15, -0.1) is 0 Å². The number of benzene rings is 1. The highest BCUT2D eigenvalue weighted by Gasteiger charge is 2.50. The third-order valence-corrected chi connectivity index (χ3v) is 8.21. The van der Waals surface area contributed by atoms with Crippen LogP contribution in [0.15, 0.2) is 18.2 Å². The van der Waals surface area contributed by atoms with Crippen LogP contribution in [0.3, 0.4) is 0 Å². The second-order valence-corrected chi connectivity index (χ2v) is 10.1. The summed E-state index contributed by atoms with van der Waals surface area (Å²) in [6.45, 7) is 2.71. The Morgan fingerprint density at radius 1 is 1.33 bits per heavy atom. The number of nitrogens with zero attached hydrogens (tertiary/aromatic N) is 2. The third kappa shape index (κ3) is 3.71. The Morgan fingerprint density at radius 2 is 2.07 bits per heavy atom. The van der Waals surface area contributed by atoms with E-state index in [1.54, 1.807) is 17.0 Å². The number of anilines is 2. The van der Waals surface area contributed by atoms with Crippen LogP contribution in [0.1, 0.15) is 19.8 Å². The zero-order valence-electron chi connectivity index (χ0n) is 16.6. The lowest BCUT2D eigenvalue weighted by Gasteiger charge is -2.38. The van der Waals surface area contributed by atoms with Gasteiger partial charge in [-0.2, -0.15) is 0 Å². The van der Waals surface area contributed by atoms with Gasteiger partial charge < -0.3 is 19.7 Å². The van der Waals surface area contributed by atoms with Crippen molar-refractivity contribution in [1.82, 2.24) is 5.32 Å². The molecular weight excluding hydrogens is 417 g/mol. The standard InChI is InChI=1S/C19H24FN3O6S/c1-13(24)21-11-15-12-23(18(25)29-15)14-2-3-17(16(20)10-14)22-6-4-19(5-7-22)28-8-9-30(19,26)27/h2-3,10,15H,4-9,11-12H2,1H3,(H,21,24)/t15-/m0/s1. The van der Waals surface area contributed by atoms with E-state index >= 15 is 0 Å². The van der Waals surface area contributed by atoms with Gasteiger partial charge in [0.2, 0.25) is 5.91 Å². The molecule has 2 amide bonds. The second kappa shape index (κ2) is 7.69. The van der Waals surface area contributed by atoms with Gasteiger partial charge >= 0.3 is 6.09 Å².